The molecule has 0 saturated carbocycles. The topological polar surface area (TPSA) is 66.0 Å². The minimum Gasteiger partial charge on any atom is -0.437 e. The van der Waals surface area contributed by atoms with Crippen LogP contribution in [0.1, 0.15) is 11.1 Å². The Hall–Kier alpha value is -0.939. The molecule has 0 unspecified atom stereocenters. The van der Waals surface area contributed by atoms with Crippen molar-refractivity contribution in [3.63, 3.8) is 0 Å². The molecule has 0 N–H and O–H groups in total. The van der Waals surface area contributed by atoms with Crippen LogP contribution in [0, 0.1) is 22.7 Å². The highest BCUT2D eigenvalue weighted by Crippen LogP contribution is 2.24. The SMILES string of the molecule is C[Si](C)(C)O[Si](C)(C)O[Si](C)(C)c1cc(C#N)c(C#N)cc1Cl. The summed E-state index contributed by atoms with van der Waals surface area (Å²) in [6.07, 6.45) is 0. The van der Waals surface area contributed by atoms with Crippen LogP contribution in [-0.4, -0.2) is 25.2 Å². The number of rotatable bonds is 5. The Kier molecular flexibility index (Phi) is 6.03. The molecule has 1 rings (SSSR count). The fourth-order valence-electron chi connectivity index (χ4n) is 2.65. The van der Waals surface area contributed by atoms with Crippen LogP contribution in [-0.2, 0) is 8.23 Å². The molecular formula is C15H23ClN2O2Si3. The molecule has 0 aliphatic heterocycles. The highest BCUT2D eigenvalue weighted by atomic mass is 35.5. The Morgan fingerprint density at radius 2 is 1.35 bits per heavy atom. The fraction of sp³-hybridized carbons (Fsp3) is 0.467. The maximum atomic E-state index is 9.24. The van der Waals surface area contributed by atoms with Crippen molar-refractivity contribution >= 4 is 42.0 Å². The number of halogens is 1. The van der Waals surface area contributed by atoms with E-state index >= 15 is 0 Å². The van der Waals surface area contributed by atoms with Crippen molar-refractivity contribution < 1.29 is 8.23 Å². The van der Waals surface area contributed by atoms with Crippen molar-refractivity contribution in [1.82, 2.24) is 0 Å². The van der Waals surface area contributed by atoms with Crippen molar-refractivity contribution in [2.45, 2.75) is 45.8 Å². The van der Waals surface area contributed by atoms with Gasteiger partial charge in [0.1, 0.15) is 12.1 Å². The van der Waals surface area contributed by atoms with Gasteiger partial charge in [-0.3, -0.25) is 0 Å². The van der Waals surface area contributed by atoms with Crippen LogP contribution in [0.5, 0.6) is 0 Å². The van der Waals surface area contributed by atoms with Gasteiger partial charge in [-0.15, -0.1) is 0 Å². The molecule has 0 saturated heterocycles. The van der Waals surface area contributed by atoms with Gasteiger partial charge in [0.15, 0.2) is 8.32 Å². The molecule has 0 aliphatic carbocycles. The summed E-state index contributed by atoms with van der Waals surface area (Å²) in [5, 5.41) is 19.6. The highest BCUT2D eigenvalue weighted by molar-refractivity contribution is 6.94. The quantitative estimate of drug-likeness (QED) is 0.720. The van der Waals surface area contributed by atoms with Gasteiger partial charge in [-0.2, -0.15) is 10.5 Å². The van der Waals surface area contributed by atoms with Gasteiger partial charge in [-0.05, 0) is 63.1 Å². The van der Waals surface area contributed by atoms with Crippen molar-refractivity contribution in [1.29, 1.82) is 10.5 Å². The summed E-state index contributed by atoms with van der Waals surface area (Å²) in [5.41, 5.74) is 0.627. The third-order valence-electron chi connectivity index (χ3n) is 3.05. The summed E-state index contributed by atoms with van der Waals surface area (Å²) in [6.45, 7) is 14.6. The number of hydrogen-bond donors (Lipinski definition) is 0. The second-order valence-corrected chi connectivity index (χ2v) is 20.0. The molecule has 1 aromatic carbocycles. The molecule has 0 heterocycles. The third kappa shape index (κ3) is 5.57. The summed E-state index contributed by atoms with van der Waals surface area (Å²) in [4.78, 5) is 0. The summed E-state index contributed by atoms with van der Waals surface area (Å²) in [6, 6.07) is 7.32. The predicted octanol–water partition coefficient (Wildman–Crippen LogP) is 4.07. The molecule has 0 fully saturated rings. The molecule has 0 radical (unpaired) electrons. The second kappa shape index (κ2) is 6.89. The minimum atomic E-state index is -2.38. The van der Waals surface area contributed by atoms with Gasteiger partial charge in [0.05, 0.1) is 11.1 Å². The van der Waals surface area contributed by atoms with E-state index in [1.54, 1.807) is 12.1 Å². The normalized spacial score (nSPS) is 12.6. The fourth-order valence-corrected chi connectivity index (χ4v) is 16.4. The van der Waals surface area contributed by atoms with E-state index in [0.29, 0.717) is 16.1 Å². The molecule has 0 spiro atoms. The van der Waals surface area contributed by atoms with E-state index in [1.807, 2.05) is 32.3 Å². The number of benzene rings is 1. The van der Waals surface area contributed by atoms with Crippen LogP contribution in [0.4, 0.5) is 0 Å². The van der Waals surface area contributed by atoms with E-state index in [4.69, 9.17) is 25.1 Å². The van der Waals surface area contributed by atoms with Crippen molar-refractivity contribution in [2.24, 2.45) is 0 Å². The van der Waals surface area contributed by atoms with Gasteiger partial charge >= 0.3 is 8.56 Å². The zero-order chi connectivity index (χ0) is 18.1. The lowest BCUT2D eigenvalue weighted by Crippen LogP contribution is -2.56. The molecule has 0 atom stereocenters. The summed E-state index contributed by atoms with van der Waals surface area (Å²) >= 11 is 6.36. The number of nitrogens with zero attached hydrogens (tertiary/aromatic N) is 2. The summed E-state index contributed by atoms with van der Waals surface area (Å²) in [5.74, 6) is 0. The molecule has 4 nitrogen and oxygen atoms in total. The molecule has 124 valence electrons. The molecule has 8 heteroatoms. The molecule has 23 heavy (non-hydrogen) atoms. The summed E-state index contributed by atoms with van der Waals surface area (Å²) in [7, 11) is -6.40. The molecule has 0 aliphatic rings. The van der Waals surface area contributed by atoms with E-state index < -0.39 is 25.2 Å². The van der Waals surface area contributed by atoms with Gasteiger partial charge in [-0.25, -0.2) is 0 Å². The van der Waals surface area contributed by atoms with E-state index in [0.717, 1.165) is 5.19 Å². The Bertz CT molecular complexity index is 686. The van der Waals surface area contributed by atoms with Crippen LogP contribution in [0.2, 0.25) is 50.9 Å². The number of nitriles is 2. The predicted molar refractivity (Wildman–Crippen MR) is 101 cm³/mol. The van der Waals surface area contributed by atoms with Crippen molar-refractivity contribution in [3.8, 4) is 12.1 Å². The highest BCUT2D eigenvalue weighted by Gasteiger charge is 2.40. The first-order valence-corrected chi connectivity index (χ1v) is 16.9. The molecular weight excluding hydrogens is 360 g/mol. The first-order valence-electron chi connectivity index (χ1n) is 7.36. The smallest absolute Gasteiger partial charge is 0.311 e. The van der Waals surface area contributed by atoms with Gasteiger partial charge in [0.2, 0.25) is 8.32 Å². The Morgan fingerprint density at radius 1 is 0.870 bits per heavy atom. The first-order chi connectivity index (χ1) is 10.3. The zero-order valence-corrected chi connectivity index (χ0v) is 18.5. The van der Waals surface area contributed by atoms with E-state index in [2.05, 4.69) is 25.7 Å². The first kappa shape index (κ1) is 20.1. The van der Waals surface area contributed by atoms with E-state index in [1.165, 1.54) is 0 Å². The monoisotopic (exact) mass is 382 g/mol. The lowest BCUT2D eigenvalue weighted by atomic mass is 10.1. The Morgan fingerprint density at radius 3 is 1.78 bits per heavy atom. The molecule has 0 amide bonds. The third-order valence-corrected chi connectivity index (χ3v) is 13.7. The number of hydrogen-bond acceptors (Lipinski definition) is 4. The maximum Gasteiger partial charge on any atom is 0.311 e. The van der Waals surface area contributed by atoms with Crippen LogP contribution in [0.3, 0.4) is 0 Å². The standard InChI is InChI=1S/C15H23ClN2O2Si3/c1-21(2,3)19-23(6,7)20-22(4,5)15-9-13(11-18)12(10-17)8-14(15)16/h8-9H,1-7H3. The molecule has 0 bridgehead atoms. The van der Waals surface area contributed by atoms with E-state index in [9.17, 15) is 5.26 Å². The molecule has 1 aromatic rings. The van der Waals surface area contributed by atoms with Crippen LogP contribution < -0.4 is 5.19 Å². The van der Waals surface area contributed by atoms with E-state index in [-0.39, 0.29) is 0 Å². The van der Waals surface area contributed by atoms with Crippen LogP contribution in [0.25, 0.3) is 0 Å². The largest absolute Gasteiger partial charge is 0.437 e. The van der Waals surface area contributed by atoms with Gasteiger partial charge < -0.3 is 8.23 Å². The van der Waals surface area contributed by atoms with Crippen molar-refractivity contribution in [3.05, 3.63) is 28.3 Å². The van der Waals surface area contributed by atoms with Gasteiger partial charge in [0, 0.05) is 5.02 Å². The van der Waals surface area contributed by atoms with Crippen LogP contribution in [0.15, 0.2) is 12.1 Å². The minimum absolute atomic E-state index is 0.293. The maximum absolute atomic E-state index is 9.24. The lowest BCUT2D eigenvalue weighted by Gasteiger charge is -2.37. The van der Waals surface area contributed by atoms with Gasteiger partial charge in [-0.1, -0.05) is 11.6 Å². The summed E-state index contributed by atoms with van der Waals surface area (Å²) < 4.78 is 12.7. The second-order valence-electron chi connectivity index (χ2n) is 7.33. The molecule has 0 aromatic heterocycles. The Balaban J connectivity index is 3.24. The average molecular weight is 383 g/mol. The van der Waals surface area contributed by atoms with Gasteiger partial charge in [0.25, 0.3) is 0 Å². The lowest BCUT2D eigenvalue weighted by molar-refractivity contribution is 0.398. The van der Waals surface area contributed by atoms with Crippen LogP contribution >= 0.6 is 11.6 Å². The average Bonchev–Trinajstić information content (AvgIpc) is 2.33. The zero-order valence-electron chi connectivity index (χ0n) is 14.7. The Labute approximate surface area is 147 Å². The van der Waals surface area contributed by atoms with Crippen molar-refractivity contribution in [2.75, 3.05) is 0 Å².